The molecule has 2 aromatic rings. The molecule has 0 aliphatic carbocycles. The van der Waals surface area contributed by atoms with E-state index in [1.54, 1.807) is 0 Å². The molecule has 17 heavy (non-hydrogen) atoms. The maximum absolute atomic E-state index is 12.9. The van der Waals surface area contributed by atoms with Crippen molar-refractivity contribution < 1.29 is 17.6 Å². The summed E-state index contributed by atoms with van der Waals surface area (Å²) >= 11 is 0. The minimum atomic E-state index is -4.37. The molecule has 0 atom stereocenters. The molecule has 0 amide bonds. The average Bonchev–Trinajstić information content (AvgIpc) is 2.28. The van der Waals surface area contributed by atoms with Crippen LogP contribution in [0, 0.1) is 5.82 Å². The van der Waals surface area contributed by atoms with Crippen molar-refractivity contribution in [2.24, 2.45) is 0 Å². The first-order chi connectivity index (χ1) is 7.97. The molecular weight excluding hydrogens is 234 g/mol. The number of benzene rings is 1. The van der Waals surface area contributed by atoms with Gasteiger partial charge in [-0.1, -0.05) is 12.1 Å². The first-order valence-electron chi connectivity index (χ1n) is 4.76. The molecule has 0 N–H and O–H groups in total. The van der Waals surface area contributed by atoms with Gasteiger partial charge in [-0.2, -0.15) is 13.2 Å². The third-order valence-electron chi connectivity index (χ3n) is 2.23. The topological polar surface area (TPSA) is 12.9 Å². The molecule has 0 aliphatic rings. The summed E-state index contributed by atoms with van der Waals surface area (Å²) in [5.41, 5.74) is 0.00822. The number of rotatable bonds is 1. The molecule has 1 aromatic heterocycles. The second-order valence-electron chi connectivity index (χ2n) is 3.43. The lowest BCUT2D eigenvalue weighted by atomic mass is 10.1. The van der Waals surface area contributed by atoms with Gasteiger partial charge in [-0.15, -0.1) is 0 Å². The molecule has 1 heterocycles. The molecule has 0 saturated heterocycles. The van der Waals surface area contributed by atoms with Crippen LogP contribution in [0.1, 0.15) is 5.56 Å². The van der Waals surface area contributed by atoms with Crippen molar-refractivity contribution >= 4 is 0 Å². The Labute approximate surface area is 94.7 Å². The quantitative estimate of drug-likeness (QED) is 0.690. The van der Waals surface area contributed by atoms with Gasteiger partial charge in [0, 0.05) is 17.8 Å². The lowest BCUT2D eigenvalue weighted by molar-refractivity contribution is -0.137. The first kappa shape index (κ1) is 11.6. The van der Waals surface area contributed by atoms with E-state index in [1.165, 1.54) is 30.5 Å². The van der Waals surface area contributed by atoms with Gasteiger partial charge in [-0.3, -0.25) is 4.98 Å². The van der Waals surface area contributed by atoms with Gasteiger partial charge in [0.15, 0.2) is 0 Å². The molecule has 5 heteroatoms. The zero-order valence-electron chi connectivity index (χ0n) is 8.50. The SMILES string of the molecule is Fc1ccnc(-c2ccc(C(F)(F)F)cc2)c1. The van der Waals surface area contributed by atoms with Crippen molar-refractivity contribution in [3.8, 4) is 11.3 Å². The Morgan fingerprint density at radius 1 is 0.941 bits per heavy atom. The summed E-state index contributed by atoms with van der Waals surface area (Å²) in [5.74, 6) is -0.477. The number of nitrogens with zero attached hydrogens (tertiary/aromatic N) is 1. The monoisotopic (exact) mass is 241 g/mol. The lowest BCUT2D eigenvalue weighted by Crippen LogP contribution is -2.04. The van der Waals surface area contributed by atoms with Gasteiger partial charge >= 0.3 is 6.18 Å². The number of alkyl halides is 3. The van der Waals surface area contributed by atoms with E-state index in [9.17, 15) is 17.6 Å². The van der Waals surface area contributed by atoms with Crippen LogP contribution in [-0.4, -0.2) is 4.98 Å². The number of hydrogen-bond acceptors (Lipinski definition) is 1. The van der Waals surface area contributed by atoms with E-state index in [2.05, 4.69) is 4.98 Å². The summed E-state index contributed by atoms with van der Waals surface area (Å²) in [6, 6.07) is 6.77. The molecule has 0 aliphatic heterocycles. The average molecular weight is 241 g/mol. The highest BCUT2D eigenvalue weighted by molar-refractivity contribution is 5.59. The van der Waals surface area contributed by atoms with Gasteiger partial charge < -0.3 is 0 Å². The van der Waals surface area contributed by atoms with Crippen molar-refractivity contribution in [3.63, 3.8) is 0 Å². The van der Waals surface area contributed by atoms with E-state index in [-0.39, 0.29) is 0 Å². The number of halogens is 4. The molecule has 0 spiro atoms. The Kier molecular flexibility index (Phi) is 2.83. The molecule has 0 bridgehead atoms. The van der Waals surface area contributed by atoms with Crippen LogP contribution in [0.2, 0.25) is 0 Å². The lowest BCUT2D eigenvalue weighted by Gasteiger charge is -2.07. The van der Waals surface area contributed by atoms with Crippen LogP contribution in [-0.2, 0) is 6.18 Å². The fourth-order valence-corrected chi connectivity index (χ4v) is 1.39. The van der Waals surface area contributed by atoms with E-state index in [0.717, 1.165) is 12.1 Å². The molecule has 88 valence electrons. The summed E-state index contributed by atoms with van der Waals surface area (Å²) in [5, 5.41) is 0. The molecule has 0 unspecified atom stereocenters. The van der Waals surface area contributed by atoms with Crippen molar-refractivity contribution in [1.29, 1.82) is 0 Å². The van der Waals surface area contributed by atoms with E-state index in [4.69, 9.17) is 0 Å². The molecule has 2 rings (SSSR count). The largest absolute Gasteiger partial charge is 0.416 e. The highest BCUT2D eigenvalue weighted by atomic mass is 19.4. The second-order valence-corrected chi connectivity index (χ2v) is 3.43. The van der Waals surface area contributed by atoms with Crippen molar-refractivity contribution in [2.45, 2.75) is 6.18 Å². The van der Waals surface area contributed by atoms with Crippen molar-refractivity contribution in [3.05, 3.63) is 54.0 Å². The standard InChI is InChI=1S/C12H7F4N/c13-10-5-6-17-11(7-10)8-1-3-9(4-2-8)12(14,15)16/h1-7H. The molecular formula is C12H7F4N. The minimum Gasteiger partial charge on any atom is -0.256 e. The molecule has 1 aromatic carbocycles. The molecule has 0 fully saturated rings. The van der Waals surface area contributed by atoms with E-state index < -0.39 is 17.6 Å². The Bertz CT molecular complexity index is 517. The minimum absolute atomic E-state index is 0.304. The van der Waals surface area contributed by atoms with Gasteiger partial charge in [0.1, 0.15) is 5.82 Å². The Hall–Kier alpha value is -1.91. The van der Waals surface area contributed by atoms with Crippen LogP contribution in [0.3, 0.4) is 0 Å². The highest BCUT2D eigenvalue weighted by Gasteiger charge is 2.29. The molecule has 0 radical (unpaired) electrons. The van der Waals surface area contributed by atoms with Crippen molar-refractivity contribution in [2.75, 3.05) is 0 Å². The number of aromatic nitrogens is 1. The van der Waals surface area contributed by atoms with Gasteiger partial charge in [0.05, 0.1) is 11.3 Å². The number of hydrogen-bond donors (Lipinski definition) is 0. The maximum Gasteiger partial charge on any atom is 0.416 e. The maximum atomic E-state index is 12.9. The Morgan fingerprint density at radius 3 is 2.12 bits per heavy atom. The molecule has 1 nitrogen and oxygen atoms in total. The van der Waals surface area contributed by atoms with Crippen LogP contribution >= 0.6 is 0 Å². The van der Waals surface area contributed by atoms with Crippen molar-refractivity contribution in [1.82, 2.24) is 4.98 Å². The fourth-order valence-electron chi connectivity index (χ4n) is 1.39. The smallest absolute Gasteiger partial charge is 0.256 e. The normalized spacial score (nSPS) is 11.5. The number of pyridine rings is 1. The Balaban J connectivity index is 2.36. The molecule has 0 saturated carbocycles. The summed E-state index contributed by atoms with van der Waals surface area (Å²) in [4.78, 5) is 3.88. The van der Waals surface area contributed by atoms with Crippen LogP contribution in [0.4, 0.5) is 17.6 Å². The predicted octanol–water partition coefficient (Wildman–Crippen LogP) is 3.91. The van der Waals surface area contributed by atoms with E-state index in [1.807, 2.05) is 0 Å². The Morgan fingerprint density at radius 2 is 1.59 bits per heavy atom. The highest BCUT2D eigenvalue weighted by Crippen LogP contribution is 2.30. The fraction of sp³-hybridized carbons (Fsp3) is 0.0833. The van der Waals surface area contributed by atoms with E-state index >= 15 is 0 Å². The second kappa shape index (κ2) is 4.16. The van der Waals surface area contributed by atoms with E-state index in [0.29, 0.717) is 11.3 Å². The van der Waals surface area contributed by atoms with Crippen LogP contribution in [0.15, 0.2) is 42.6 Å². The van der Waals surface area contributed by atoms with Gasteiger partial charge in [0.2, 0.25) is 0 Å². The zero-order valence-corrected chi connectivity index (χ0v) is 8.50. The summed E-state index contributed by atoms with van der Waals surface area (Å²) in [6.07, 6.45) is -3.10. The first-order valence-corrected chi connectivity index (χ1v) is 4.76. The predicted molar refractivity (Wildman–Crippen MR) is 54.6 cm³/mol. The third-order valence-corrected chi connectivity index (χ3v) is 2.23. The van der Waals surface area contributed by atoms with Crippen LogP contribution < -0.4 is 0 Å². The zero-order chi connectivity index (χ0) is 12.5. The summed E-state index contributed by atoms with van der Waals surface area (Å²) < 4.78 is 49.8. The van der Waals surface area contributed by atoms with Gasteiger partial charge in [-0.25, -0.2) is 4.39 Å². The third kappa shape index (κ3) is 2.61. The summed E-state index contributed by atoms with van der Waals surface area (Å²) in [7, 11) is 0. The van der Waals surface area contributed by atoms with Crippen LogP contribution in [0.25, 0.3) is 11.3 Å². The van der Waals surface area contributed by atoms with Gasteiger partial charge in [-0.05, 0) is 18.2 Å². The van der Waals surface area contributed by atoms with Crippen LogP contribution in [0.5, 0.6) is 0 Å². The van der Waals surface area contributed by atoms with Gasteiger partial charge in [0.25, 0.3) is 0 Å². The summed E-state index contributed by atoms with van der Waals surface area (Å²) in [6.45, 7) is 0.